The molecule has 0 unspecified atom stereocenters. The fourth-order valence-electron chi connectivity index (χ4n) is 6.01. The molecule has 1 aromatic heterocycles. The smallest absolute Gasteiger partial charge is 0.491 e. The van der Waals surface area contributed by atoms with Crippen molar-refractivity contribution in [2.75, 3.05) is 67.1 Å². The van der Waals surface area contributed by atoms with Crippen LogP contribution in [-0.2, 0) is 43.2 Å². The summed E-state index contributed by atoms with van der Waals surface area (Å²) in [5.41, 5.74) is -7.75. The molecule has 5 rings (SSSR count). The van der Waals surface area contributed by atoms with Crippen LogP contribution >= 0.6 is 0 Å². The molecule has 2 heterocycles. The Balaban J connectivity index is 1.65. The maximum atomic E-state index is 14.5. The molecule has 17 nitrogen and oxygen atoms in total. The van der Waals surface area contributed by atoms with Gasteiger partial charge in [0.2, 0.25) is 11.0 Å². The first-order chi connectivity index (χ1) is 27.9. The Morgan fingerprint density at radius 1 is 0.729 bits per heavy atom. The SMILES string of the molecule is COCCOCCOc1ccc2c(c1)c(C(=O)Oc1c(C)cc(C(=O)ON3C(=O)CCC3=O)cc1C)c1cc(OCCOCCOC)ccc1[n+]2S(=O)(O)(O)C(F)(F)F. The predicted octanol–water partition coefficient (Wildman–Crippen LogP) is 4.47. The fraction of sp³-hybridized carbons (Fsp3) is 0.395. The molecule has 1 saturated heterocycles. The number of rotatable bonds is 19. The predicted molar refractivity (Wildman–Crippen MR) is 200 cm³/mol. The highest BCUT2D eigenvalue weighted by Crippen LogP contribution is 2.41. The Morgan fingerprint density at radius 3 is 1.63 bits per heavy atom. The van der Waals surface area contributed by atoms with Gasteiger partial charge in [-0.1, -0.05) is 3.97 Å². The molecule has 320 valence electrons. The maximum Gasteiger partial charge on any atom is 0.553 e. The lowest BCUT2D eigenvalue weighted by molar-refractivity contribution is -0.488. The van der Waals surface area contributed by atoms with E-state index in [4.69, 9.17) is 38.0 Å². The van der Waals surface area contributed by atoms with Crippen LogP contribution in [-0.4, -0.2) is 115 Å². The van der Waals surface area contributed by atoms with Gasteiger partial charge in [0.1, 0.15) is 30.5 Å². The van der Waals surface area contributed by atoms with E-state index in [9.17, 15) is 45.7 Å². The van der Waals surface area contributed by atoms with Gasteiger partial charge >= 0.3 is 27.3 Å². The van der Waals surface area contributed by atoms with E-state index in [1.165, 1.54) is 52.3 Å². The molecule has 0 bridgehead atoms. The van der Waals surface area contributed by atoms with Crippen molar-refractivity contribution in [2.24, 2.45) is 0 Å². The van der Waals surface area contributed by atoms with Gasteiger partial charge in [0.05, 0.1) is 61.5 Å². The number of carbonyl (C=O) groups excluding carboxylic acids is 4. The van der Waals surface area contributed by atoms with Crippen LogP contribution in [0, 0.1) is 13.8 Å². The van der Waals surface area contributed by atoms with Gasteiger partial charge in [-0.05, 0) is 61.4 Å². The molecule has 0 saturated carbocycles. The summed E-state index contributed by atoms with van der Waals surface area (Å²) < 4.78 is 117. The highest BCUT2D eigenvalue weighted by Gasteiger charge is 2.68. The van der Waals surface area contributed by atoms with E-state index in [2.05, 4.69) is 0 Å². The van der Waals surface area contributed by atoms with E-state index in [1.807, 2.05) is 0 Å². The Bertz CT molecular complexity index is 2210. The molecule has 2 amide bonds. The quantitative estimate of drug-likeness (QED) is 0.0333. The number of hydrogen-bond donors (Lipinski definition) is 2. The lowest BCUT2D eigenvalue weighted by Gasteiger charge is -2.28. The van der Waals surface area contributed by atoms with E-state index in [1.54, 1.807) is 0 Å². The van der Waals surface area contributed by atoms with Crippen molar-refractivity contribution in [3.8, 4) is 17.2 Å². The monoisotopic (exact) mass is 855 g/mol. The number of imide groups is 1. The third-order valence-corrected chi connectivity index (χ3v) is 10.6. The number of carbonyl (C=O) groups is 4. The van der Waals surface area contributed by atoms with Gasteiger partial charge in [-0.25, -0.2) is 9.59 Å². The Hall–Kier alpha value is -5.29. The highest BCUT2D eigenvalue weighted by molar-refractivity contribution is 8.05. The molecule has 2 N–H and O–H groups in total. The first-order valence-corrected chi connectivity index (χ1v) is 19.7. The van der Waals surface area contributed by atoms with E-state index >= 15 is 0 Å². The van der Waals surface area contributed by atoms with Crippen LogP contribution in [0.4, 0.5) is 13.2 Å². The molecule has 59 heavy (non-hydrogen) atoms. The molecule has 0 radical (unpaired) electrons. The van der Waals surface area contributed by atoms with E-state index in [0.29, 0.717) is 18.3 Å². The summed E-state index contributed by atoms with van der Waals surface area (Å²) in [6.45, 7) is 4.01. The number of ether oxygens (including phenoxy) is 7. The normalized spacial score (nSPS) is 14.1. The average molecular weight is 856 g/mol. The minimum atomic E-state index is -7.83. The number of pyridine rings is 1. The standard InChI is InChI=1S/C38H41F3N2O15S/c1-23-19-25(36(46)58-42-32(44)9-10-33(42)45)20-24(2)35(23)57-37(47)34-28-21-26(55-17-15-53-13-11-51-3)5-7-30(28)43(59(48,49,50)38(39,40)41)31-8-6-27(22-29(31)34)56-18-16-54-14-12-52-4/h5-8,19-22H,9-18H2,1-4H3,(H-,48,49,50)/p+1. The second-order valence-corrected chi connectivity index (χ2v) is 15.5. The zero-order valence-electron chi connectivity index (χ0n) is 32.3. The number of esters is 1. The van der Waals surface area contributed by atoms with Gasteiger partial charge in [-0.2, -0.15) is 17.4 Å². The van der Waals surface area contributed by atoms with Crippen molar-refractivity contribution in [3.05, 3.63) is 70.8 Å². The number of hydroxylamine groups is 2. The van der Waals surface area contributed by atoms with Gasteiger partial charge in [0, 0.05) is 39.2 Å². The second-order valence-electron chi connectivity index (χ2n) is 13.0. The van der Waals surface area contributed by atoms with Crippen LogP contribution in [0.5, 0.6) is 17.2 Å². The number of nitrogens with zero attached hydrogens (tertiary/aromatic N) is 2. The van der Waals surface area contributed by atoms with Gasteiger partial charge < -0.3 is 38.0 Å². The van der Waals surface area contributed by atoms with Crippen molar-refractivity contribution >= 4 is 55.4 Å². The van der Waals surface area contributed by atoms with Crippen LogP contribution in [0.3, 0.4) is 0 Å². The number of alkyl halides is 3. The number of aromatic nitrogens is 1. The maximum absolute atomic E-state index is 14.5. The number of benzene rings is 3. The Morgan fingerprint density at radius 2 is 1.19 bits per heavy atom. The molecule has 1 fully saturated rings. The van der Waals surface area contributed by atoms with Crippen LogP contribution < -0.4 is 18.2 Å². The van der Waals surface area contributed by atoms with Crippen molar-refractivity contribution in [2.45, 2.75) is 32.2 Å². The molecule has 4 aromatic rings. The van der Waals surface area contributed by atoms with Crippen LogP contribution in [0.2, 0.25) is 0 Å². The number of hydrogen-bond acceptors (Lipinski definition) is 13. The zero-order chi connectivity index (χ0) is 43.1. The van der Waals surface area contributed by atoms with Gasteiger partial charge in [0.25, 0.3) is 11.8 Å². The van der Waals surface area contributed by atoms with Crippen LogP contribution in [0.15, 0.2) is 48.5 Å². The zero-order valence-corrected chi connectivity index (χ0v) is 33.1. The van der Waals surface area contributed by atoms with Crippen molar-refractivity contribution < 1.29 is 87.6 Å². The lowest BCUT2D eigenvalue weighted by atomic mass is 10.0. The number of aryl methyl sites for hydroxylation is 2. The molecule has 1 aliphatic heterocycles. The molecule has 0 spiro atoms. The first kappa shape index (κ1) is 44.8. The molecular formula is C38H42F3N2O15S+. The molecule has 21 heteroatoms. The molecular weight excluding hydrogens is 813 g/mol. The topological polar surface area (TPSA) is 207 Å². The summed E-state index contributed by atoms with van der Waals surface area (Å²) in [6, 6.07) is 9.07. The third-order valence-electron chi connectivity index (χ3n) is 8.78. The molecule has 0 aliphatic carbocycles. The minimum Gasteiger partial charge on any atom is -0.491 e. The van der Waals surface area contributed by atoms with Gasteiger partial charge in [-0.15, -0.1) is 5.06 Å². The number of fused-ring (bicyclic) bond motifs is 2. The molecule has 3 aromatic carbocycles. The Labute approximate surface area is 334 Å². The van der Waals surface area contributed by atoms with E-state index in [0.717, 1.165) is 24.3 Å². The summed E-state index contributed by atoms with van der Waals surface area (Å²) in [6.07, 6.45) is -0.249. The number of amides is 2. The van der Waals surface area contributed by atoms with Crippen LogP contribution in [0.25, 0.3) is 21.8 Å². The summed E-state index contributed by atoms with van der Waals surface area (Å²) in [5, 5.41) is -0.456. The van der Waals surface area contributed by atoms with Crippen LogP contribution in [0.1, 0.15) is 44.7 Å². The van der Waals surface area contributed by atoms with Crippen molar-refractivity contribution in [3.63, 3.8) is 0 Å². The van der Waals surface area contributed by atoms with Gasteiger partial charge in [-0.3, -0.25) is 18.7 Å². The Kier molecular flexibility index (Phi) is 13.9. The lowest BCUT2D eigenvalue weighted by Crippen LogP contribution is -2.69. The fourth-order valence-corrected chi connectivity index (χ4v) is 7.24. The summed E-state index contributed by atoms with van der Waals surface area (Å²) >= 11 is 0. The van der Waals surface area contributed by atoms with Crippen molar-refractivity contribution in [1.82, 2.24) is 5.06 Å². The minimum absolute atomic E-state index is 0.00923. The second kappa shape index (κ2) is 18.3. The summed E-state index contributed by atoms with van der Waals surface area (Å²) in [4.78, 5) is 56.4. The molecule has 1 aliphatic rings. The largest absolute Gasteiger partial charge is 0.553 e. The first-order valence-electron chi connectivity index (χ1n) is 17.9. The third kappa shape index (κ3) is 9.78. The number of halogens is 3. The van der Waals surface area contributed by atoms with Crippen molar-refractivity contribution in [1.29, 1.82) is 0 Å². The average Bonchev–Trinajstić information content (AvgIpc) is 3.49. The summed E-state index contributed by atoms with van der Waals surface area (Å²) in [5.74, 6) is -3.74. The number of methoxy groups -OCH3 is 2. The molecule has 0 atom stereocenters. The van der Waals surface area contributed by atoms with E-state index in [-0.39, 0.29) is 90.4 Å². The van der Waals surface area contributed by atoms with E-state index < -0.39 is 66.4 Å². The van der Waals surface area contributed by atoms with Gasteiger partial charge in [0.15, 0.2) is 0 Å². The summed E-state index contributed by atoms with van der Waals surface area (Å²) in [7, 11) is -4.85. The highest BCUT2D eigenvalue weighted by atomic mass is 32.3.